The standard InChI is InChI=1S/C16H14F6N4S/c1-3-27-12-7-9(15(17,18)19)4-5-11(12)26-8(2)6-10-13(25-26)24-14(23-10)16(20,21)22/h4-8H,3H2,1-2H3,(H,23,24,25). The van der Waals surface area contributed by atoms with Crippen molar-refractivity contribution in [1.29, 1.82) is 0 Å². The van der Waals surface area contributed by atoms with Crippen LogP contribution in [0.3, 0.4) is 0 Å². The number of fused-ring (bicyclic) bond motifs is 1. The Morgan fingerprint density at radius 3 is 2.41 bits per heavy atom. The average molecular weight is 408 g/mol. The number of aliphatic imine (C=N–C) groups is 2. The number of amidine groups is 2. The van der Waals surface area contributed by atoms with Crippen LogP contribution in [-0.2, 0) is 6.18 Å². The highest BCUT2D eigenvalue weighted by atomic mass is 32.2. The maximum atomic E-state index is 13.0. The van der Waals surface area contributed by atoms with E-state index < -0.39 is 29.8 Å². The monoisotopic (exact) mass is 408 g/mol. The van der Waals surface area contributed by atoms with Gasteiger partial charge in [-0.1, -0.05) is 6.92 Å². The number of halogens is 6. The fourth-order valence-corrected chi connectivity index (χ4v) is 3.48. The van der Waals surface area contributed by atoms with E-state index in [4.69, 9.17) is 0 Å². The van der Waals surface area contributed by atoms with E-state index in [1.165, 1.54) is 28.9 Å². The van der Waals surface area contributed by atoms with Crippen molar-refractivity contribution in [1.82, 2.24) is 5.43 Å². The summed E-state index contributed by atoms with van der Waals surface area (Å²) in [4.78, 5) is 7.29. The summed E-state index contributed by atoms with van der Waals surface area (Å²) in [6, 6.07) is 2.81. The molecule has 2 heterocycles. The lowest BCUT2D eigenvalue weighted by Gasteiger charge is -2.35. The largest absolute Gasteiger partial charge is 0.451 e. The quantitative estimate of drug-likeness (QED) is 0.578. The Hall–Kier alpha value is -2.17. The van der Waals surface area contributed by atoms with Crippen LogP contribution in [0, 0.1) is 0 Å². The van der Waals surface area contributed by atoms with Crippen molar-refractivity contribution in [2.24, 2.45) is 9.98 Å². The van der Waals surface area contributed by atoms with Crippen molar-refractivity contribution < 1.29 is 26.3 Å². The second-order valence-corrected chi connectivity index (χ2v) is 7.09. The van der Waals surface area contributed by atoms with Crippen LogP contribution in [0.25, 0.3) is 0 Å². The minimum atomic E-state index is -4.68. The second kappa shape index (κ2) is 6.77. The Morgan fingerprint density at radius 2 is 1.81 bits per heavy atom. The number of nitrogens with one attached hydrogen (secondary N) is 1. The van der Waals surface area contributed by atoms with Crippen LogP contribution in [0.2, 0.25) is 0 Å². The topological polar surface area (TPSA) is 40.0 Å². The van der Waals surface area contributed by atoms with Gasteiger partial charge in [-0.25, -0.2) is 9.98 Å². The summed E-state index contributed by atoms with van der Waals surface area (Å²) < 4.78 is 77.5. The normalized spacial score (nSPS) is 19.9. The lowest BCUT2D eigenvalue weighted by atomic mass is 10.1. The lowest BCUT2D eigenvalue weighted by molar-refractivity contribution is -0.137. The van der Waals surface area contributed by atoms with Gasteiger partial charge in [-0.05, 0) is 37.0 Å². The Balaban J connectivity index is 1.97. The van der Waals surface area contributed by atoms with Gasteiger partial charge in [0.15, 0.2) is 5.84 Å². The van der Waals surface area contributed by atoms with E-state index in [0.717, 1.165) is 12.1 Å². The Kier molecular flexibility index (Phi) is 4.91. The predicted molar refractivity (Wildman–Crippen MR) is 91.9 cm³/mol. The van der Waals surface area contributed by atoms with Crippen molar-refractivity contribution in [2.75, 3.05) is 10.8 Å². The Labute approximate surface area is 155 Å². The third-order valence-corrected chi connectivity index (χ3v) is 4.75. The Morgan fingerprint density at radius 1 is 1.11 bits per heavy atom. The summed E-state index contributed by atoms with van der Waals surface area (Å²) in [5.41, 5.74) is 2.43. The first-order chi connectivity index (χ1) is 12.5. The van der Waals surface area contributed by atoms with Gasteiger partial charge < -0.3 is 0 Å². The second-order valence-electron chi connectivity index (χ2n) is 5.78. The van der Waals surface area contributed by atoms with Crippen molar-refractivity contribution in [2.45, 2.75) is 37.1 Å². The maximum absolute atomic E-state index is 13.0. The molecule has 11 heteroatoms. The smallest absolute Gasteiger partial charge is 0.279 e. The fraction of sp³-hybridized carbons (Fsp3) is 0.375. The van der Waals surface area contributed by atoms with Gasteiger partial charge in [-0.3, -0.25) is 10.4 Å². The molecule has 3 rings (SSSR count). The molecule has 4 nitrogen and oxygen atoms in total. The molecule has 1 atom stereocenters. The molecule has 0 spiro atoms. The molecule has 0 saturated heterocycles. The summed E-state index contributed by atoms with van der Waals surface area (Å²) in [7, 11) is 0. The molecule has 1 unspecified atom stereocenters. The number of nitrogens with zero attached hydrogens (tertiary/aromatic N) is 3. The van der Waals surface area contributed by atoms with E-state index in [9.17, 15) is 26.3 Å². The average Bonchev–Trinajstić information content (AvgIpc) is 2.97. The predicted octanol–water partition coefficient (Wildman–Crippen LogP) is 4.79. The molecule has 1 aromatic rings. The van der Waals surface area contributed by atoms with Crippen LogP contribution >= 0.6 is 11.8 Å². The number of rotatable bonds is 3. The molecule has 0 fully saturated rings. The zero-order valence-electron chi connectivity index (χ0n) is 14.1. The van der Waals surface area contributed by atoms with E-state index >= 15 is 0 Å². The third kappa shape index (κ3) is 3.92. The zero-order chi connectivity index (χ0) is 20.0. The van der Waals surface area contributed by atoms with Crippen molar-refractivity contribution in [3.05, 3.63) is 35.5 Å². The van der Waals surface area contributed by atoms with Crippen molar-refractivity contribution in [3.8, 4) is 0 Å². The van der Waals surface area contributed by atoms with Gasteiger partial charge in [-0.2, -0.15) is 26.3 Å². The highest BCUT2D eigenvalue weighted by molar-refractivity contribution is 7.99. The van der Waals surface area contributed by atoms with Gasteiger partial charge >= 0.3 is 12.4 Å². The van der Waals surface area contributed by atoms with Gasteiger partial charge in [0.1, 0.15) is 5.70 Å². The van der Waals surface area contributed by atoms with E-state index in [1.807, 2.05) is 0 Å². The van der Waals surface area contributed by atoms with Crippen LogP contribution < -0.4 is 10.4 Å². The van der Waals surface area contributed by atoms with Crippen molar-refractivity contribution in [3.63, 3.8) is 0 Å². The molecule has 0 saturated carbocycles. The van der Waals surface area contributed by atoms with Gasteiger partial charge in [0.25, 0.3) is 0 Å². The molecule has 0 amide bonds. The molecule has 1 aromatic carbocycles. The molecular weight excluding hydrogens is 394 g/mol. The van der Waals surface area contributed by atoms with Crippen LogP contribution in [0.5, 0.6) is 0 Å². The molecule has 0 bridgehead atoms. The van der Waals surface area contributed by atoms with E-state index in [1.54, 1.807) is 13.8 Å². The number of anilines is 1. The van der Waals surface area contributed by atoms with Crippen LogP contribution in [0.15, 0.2) is 44.9 Å². The molecule has 0 radical (unpaired) electrons. The SMILES string of the molecule is CCSc1cc(C(F)(F)F)ccc1N1NC2=NC(C(F)(F)F)=NC2=CC1C. The molecule has 146 valence electrons. The summed E-state index contributed by atoms with van der Waals surface area (Å²) in [5, 5.41) is 1.48. The molecule has 2 aliphatic heterocycles. The van der Waals surface area contributed by atoms with E-state index in [-0.39, 0.29) is 11.5 Å². The number of thioether (sulfide) groups is 1. The first-order valence-electron chi connectivity index (χ1n) is 7.87. The van der Waals surface area contributed by atoms with Gasteiger partial charge in [0.2, 0.25) is 5.84 Å². The molecule has 0 aliphatic carbocycles. The number of hydrogen-bond donors (Lipinski definition) is 1. The minimum absolute atomic E-state index is 0.0580. The minimum Gasteiger partial charge on any atom is -0.279 e. The lowest BCUT2D eigenvalue weighted by Crippen LogP contribution is -2.50. The first-order valence-corrected chi connectivity index (χ1v) is 8.86. The first kappa shape index (κ1) is 19.6. The molecule has 2 aliphatic rings. The van der Waals surface area contributed by atoms with E-state index in [2.05, 4.69) is 15.4 Å². The van der Waals surface area contributed by atoms with E-state index in [0.29, 0.717) is 16.3 Å². The third-order valence-electron chi connectivity index (χ3n) is 3.82. The number of alkyl halides is 6. The highest BCUT2D eigenvalue weighted by Gasteiger charge is 2.41. The number of benzene rings is 1. The van der Waals surface area contributed by atoms with Gasteiger partial charge in [0.05, 0.1) is 17.3 Å². The molecule has 1 N–H and O–H groups in total. The highest BCUT2D eigenvalue weighted by Crippen LogP contribution is 2.38. The molecule has 0 aromatic heterocycles. The summed E-state index contributed by atoms with van der Waals surface area (Å²) >= 11 is 1.21. The summed E-state index contributed by atoms with van der Waals surface area (Å²) in [6.45, 7) is 3.49. The van der Waals surface area contributed by atoms with Crippen LogP contribution in [0.4, 0.5) is 32.0 Å². The maximum Gasteiger partial charge on any atom is 0.451 e. The Bertz CT molecular complexity index is 840. The van der Waals surface area contributed by atoms with Gasteiger partial charge in [0, 0.05) is 4.90 Å². The van der Waals surface area contributed by atoms with Gasteiger partial charge in [-0.15, -0.1) is 11.8 Å². The zero-order valence-corrected chi connectivity index (χ0v) is 14.9. The number of hydrogen-bond acceptors (Lipinski definition) is 5. The summed E-state index contributed by atoms with van der Waals surface area (Å²) in [5.74, 6) is -0.825. The number of hydrazine groups is 1. The van der Waals surface area contributed by atoms with Crippen LogP contribution in [-0.4, -0.2) is 29.6 Å². The summed E-state index contributed by atoms with van der Waals surface area (Å²) in [6.07, 6.45) is -7.69. The molecular formula is C16H14F6N4S. The molecule has 27 heavy (non-hydrogen) atoms. The van der Waals surface area contributed by atoms with Crippen molar-refractivity contribution >= 4 is 29.1 Å². The van der Waals surface area contributed by atoms with Crippen LogP contribution in [0.1, 0.15) is 19.4 Å². The fourth-order valence-electron chi connectivity index (χ4n) is 2.64.